The van der Waals surface area contributed by atoms with E-state index < -0.39 is 0 Å². The number of fused-ring (bicyclic) bond motifs is 1. The molecular weight excluding hydrogens is 413 g/mol. The van der Waals surface area contributed by atoms with Crippen molar-refractivity contribution in [1.29, 1.82) is 0 Å². The third kappa shape index (κ3) is 4.72. The number of hydrogen-bond donors (Lipinski definition) is 2. The fraction of sp³-hybridized carbons (Fsp3) is 0. The van der Waals surface area contributed by atoms with Gasteiger partial charge < -0.3 is 10.2 Å². The lowest BCUT2D eigenvalue weighted by Gasteiger charge is -2.03. The number of para-hydroxylation sites is 1. The van der Waals surface area contributed by atoms with Crippen LogP contribution in [0.5, 0.6) is 11.5 Å². The van der Waals surface area contributed by atoms with Crippen LogP contribution >= 0.6 is 31.9 Å². The van der Waals surface area contributed by atoms with E-state index in [0.29, 0.717) is 15.7 Å². The van der Waals surface area contributed by atoms with Gasteiger partial charge >= 0.3 is 0 Å². The number of nitrogens with zero attached hydrogens (tertiary/aromatic N) is 1. The summed E-state index contributed by atoms with van der Waals surface area (Å²) in [6, 6.07) is 14.3. The molecule has 21 heavy (non-hydrogen) atoms. The Morgan fingerprint density at radius 2 is 1.52 bits per heavy atom. The summed E-state index contributed by atoms with van der Waals surface area (Å²) >= 11 is 6.65. The highest BCUT2D eigenvalue weighted by atomic mass is 79.9. The first-order valence-corrected chi connectivity index (χ1v) is 7.34. The molecule has 108 valence electrons. The first kappa shape index (κ1) is 18.0. The van der Waals surface area contributed by atoms with Crippen molar-refractivity contribution >= 4 is 60.1 Å². The number of aromatic nitrogens is 1. The van der Waals surface area contributed by atoms with Gasteiger partial charge in [0.2, 0.25) is 0 Å². The summed E-state index contributed by atoms with van der Waals surface area (Å²) in [6.45, 7) is 0. The zero-order valence-corrected chi connectivity index (χ0v) is 13.5. The van der Waals surface area contributed by atoms with Crippen LogP contribution in [0.1, 0.15) is 0 Å². The average Bonchev–Trinajstić information content (AvgIpc) is 2.46. The Bertz CT molecular complexity index is 723. The second kappa shape index (κ2) is 8.40. The largest absolute Gasteiger partial charge is 0.508 e. The van der Waals surface area contributed by atoms with Crippen LogP contribution in [0.15, 0.2) is 63.7 Å². The first-order valence-electron chi connectivity index (χ1n) is 5.75. The Kier molecular flexibility index (Phi) is 7.20. The molecule has 3 aromatic rings. The van der Waals surface area contributed by atoms with E-state index in [2.05, 4.69) is 36.8 Å². The van der Waals surface area contributed by atoms with Gasteiger partial charge in [-0.3, -0.25) is 4.98 Å². The molecule has 0 amide bonds. The molecule has 0 aliphatic rings. The number of phenols is 2. The summed E-state index contributed by atoms with van der Waals surface area (Å²) in [5.41, 5.74) is 0.601. The van der Waals surface area contributed by atoms with Crippen molar-refractivity contribution < 1.29 is 10.2 Å². The van der Waals surface area contributed by atoms with Crippen molar-refractivity contribution in [1.82, 2.24) is 4.98 Å². The standard InChI is InChI=1S/C9H5Br2NO.C6H6O.Al.3H/c10-6-4-7(11)9(13)8-5(6)2-1-3-12-8;7-6-4-2-1-3-5-6;;;;/h1-4,13H;1-5,7H;;;;. The molecule has 0 aliphatic carbocycles. The van der Waals surface area contributed by atoms with E-state index in [1.165, 1.54) is 0 Å². The predicted octanol–water partition coefficient (Wildman–Crippen LogP) is 3.67. The lowest BCUT2D eigenvalue weighted by molar-refractivity contribution is 0.475. The number of hydrogen-bond acceptors (Lipinski definition) is 3. The Morgan fingerprint density at radius 1 is 0.857 bits per heavy atom. The van der Waals surface area contributed by atoms with Gasteiger partial charge in [0.15, 0.2) is 23.1 Å². The summed E-state index contributed by atoms with van der Waals surface area (Å²) in [4.78, 5) is 4.09. The third-order valence-corrected chi connectivity index (χ3v) is 3.79. The van der Waals surface area contributed by atoms with Crippen molar-refractivity contribution in [3.05, 3.63) is 63.7 Å². The van der Waals surface area contributed by atoms with Crippen molar-refractivity contribution in [3.63, 3.8) is 0 Å². The molecule has 0 radical (unpaired) electrons. The highest BCUT2D eigenvalue weighted by Crippen LogP contribution is 2.35. The zero-order chi connectivity index (χ0) is 14.5. The quantitative estimate of drug-likeness (QED) is 0.539. The Balaban J connectivity index is 0.000000236. The molecular formula is C15H14AlBr2NO2. The van der Waals surface area contributed by atoms with E-state index in [1.807, 2.05) is 18.2 Å². The molecule has 0 spiro atoms. The maximum absolute atomic E-state index is 9.65. The maximum Gasteiger partial charge on any atom is 0.187 e. The van der Waals surface area contributed by atoms with Crippen molar-refractivity contribution in [2.24, 2.45) is 0 Å². The van der Waals surface area contributed by atoms with Crippen LogP contribution in [0.3, 0.4) is 0 Å². The summed E-state index contributed by atoms with van der Waals surface area (Å²) < 4.78 is 1.56. The molecule has 0 unspecified atom stereocenters. The number of benzene rings is 2. The van der Waals surface area contributed by atoms with Gasteiger partial charge in [-0.2, -0.15) is 0 Å². The summed E-state index contributed by atoms with van der Waals surface area (Å²) in [7, 11) is 0. The minimum absolute atomic E-state index is 0. The lowest BCUT2D eigenvalue weighted by Crippen LogP contribution is -1.81. The highest BCUT2D eigenvalue weighted by molar-refractivity contribution is 9.11. The van der Waals surface area contributed by atoms with E-state index in [0.717, 1.165) is 9.86 Å². The number of pyridine rings is 1. The van der Waals surface area contributed by atoms with Gasteiger partial charge in [0.1, 0.15) is 11.3 Å². The smallest absolute Gasteiger partial charge is 0.187 e. The van der Waals surface area contributed by atoms with Gasteiger partial charge in [-0.05, 0) is 40.2 Å². The van der Waals surface area contributed by atoms with Crippen molar-refractivity contribution in [3.8, 4) is 11.5 Å². The Morgan fingerprint density at radius 3 is 2.10 bits per heavy atom. The minimum Gasteiger partial charge on any atom is -0.508 e. The highest BCUT2D eigenvalue weighted by Gasteiger charge is 2.08. The van der Waals surface area contributed by atoms with E-state index in [4.69, 9.17) is 5.11 Å². The van der Waals surface area contributed by atoms with Crippen LogP contribution in [0, 0.1) is 0 Å². The van der Waals surface area contributed by atoms with Gasteiger partial charge in [0.05, 0.1) is 4.47 Å². The molecule has 6 heteroatoms. The van der Waals surface area contributed by atoms with Crippen LogP contribution in [-0.2, 0) is 0 Å². The topological polar surface area (TPSA) is 53.4 Å². The number of phenolic OH excluding ortho intramolecular Hbond substituents is 2. The number of aromatic hydroxyl groups is 2. The molecule has 0 bridgehead atoms. The molecule has 1 heterocycles. The van der Waals surface area contributed by atoms with E-state index >= 15 is 0 Å². The van der Waals surface area contributed by atoms with Crippen LogP contribution in [0.2, 0.25) is 0 Å². The molecule has 1 aromatic heterocycles. The molecule has 0 aliphatic heterocycles. The minimum atomic E-state index is 0. The molecule has 3 nitrogen and oxygen atoms in total. The Labute approximate surface area is 150 Å². The van der Waals surface area contributed by atoms with E-state index in [1.54, 1.807) is 36.5 Å². The predicted molar refractivity (Wildman–Crippen MR) is 96.9 cm³/mol. The molecule has 0 atom stereocenters. The summed E-state index contributed by atoms with van der Waals surface area (Å²) in [6.07, 6.45) is 1.65. The first-order chi connectivity index (χ1) is 9.59. The van der Waals surface area contributed by atoms with Gasteiger partial charge in [0, 0.05) is 16.1 Å². The third-order valence-electron chi connectivity index (χ3n) is 2.53. The normalized spacial score (nSPS) is 9.43. The molecule has 0 fully saturated rings. The second-order valence-electron chi connectivity index (χ2n) is 3.92. The monoisotopic (exact) mass is 425 g/mol. The number of halogens is 2. The second-order valence-corrected chi connectivity index (χ2v) is 5.63. The van der Waals surface area contributed by atoms with Crippen molar-refractivity contribution in [2.75, 3.05) is 0 Å². The number of rotatable bonds is 0. The summed E-state index contributed by atoms with van der Waals surface area (Å²) in [5, 5.41) is 19.2. The molecule has 2 N–H and O–H groups in total. The fourth-order valence-corrected chi connectivity index (χ4v) is 2.86. The van der Waals surface area contributed by atoms with Gasteiger partial charge in [-0.1, -0.05) is 40.2 Å². The lowest BCUT2D eigenvalue weighted by atomic mass is 10.2. The van der Waals surface area contributed by atoms with E-state index in [9.17, 15) is 5.11 Å². The van der Waals surface area contributed by atoms with Crippen LogP contribution in [0.25, 0.3) is 10.9 Å². The SMILES string of the molecule is Oc1c(Br)cc(Br)c2cccnc12.Oc1ccccc1.[AlH3]. The molecule has 0 saturated heterocycles. The van der Waals surface area contributed by atoms with Crippen LogP contribution in [-0.4, -0.2) is 32.6 Å². The maximum atomic E-state index is 9.65. The summed E-state index contributed by atoms with van der Waals surface area (Å²) in [5.74, 6) is 0.501. The van der Waals surface area contributed by atoms with Gasteiger partial charge in [0.25, 0.3) is 0 Å². The van der Waals surface area contributed by atoms with Gasteiger partial charge in [-0.25, -0.2) is 0 Å². The van der Waals surface area contributed by atoms with Crippen molar-refractivity contribution in [2.45, 2.75) is 0 Å². The zero-order valence-electron chi connectivity index (χ0n) is 10.3. The van der Waals surface area contributed by atoms with E-state index in [-0.39, 0.29) is 23.1 Å². The van der Waals surface area contributed by atoms with Gasteiger partial charge in [-0.15, -0.1) is 0 Å². The Hall–Kier alpha value is -1.06. The average molecular weight is 427 g/mol. The fourth-order valence-electron chi connectivity index (χ4n) is 1.59. The molecule has 2 aromatic carbocycles. The van der Waals surface area contributed by atoms with Crippen LogP contribution < -0.4 is 0 Å². The molecule has 0 saturated carbocycles. The van der Waals surface area contributed by atoms with Crippen LogP contribution in [0.4, 0.5) is 0 Å². The molecule has 3 rings (SSSR count).